The molecule has 414 valence electrons. The van der Waals surface area contributed by atoms with Crippen LogP contribution in [-0.2, 0) is 50.8 Å². The van der Waals surface area contributed by atoms with Gasteiger partial charge in [-0.1, -0.05) is 69.2 Å². The number of carbonyl (C=O) groups is 4. The summed E-state index contributed by atoms with van der Waals surface area (Å²) in [6.45, 7) is 17.0. The molecule has 3 heterocycles. The maximum atomic E-state index is 13.9. The molecule has 0 bridgehead atoms. The van der Waals surface area contributed by atoms with Crippen LogP contribution >= 0.6 is 11.3 Å². The highest BCUT2D eigenvalue weighted by Gasteiger charge is 2.44. The van der Waals surface area contributed by atoms with Gasteiger partial charge in [-0.3, -0.25) is 19.2 Å². The summed E-state index contributed by atoms with van der Waals surface area (Å²) in [6, 6.07) is 11.8. The predicted molar refractivity (Wildman–Crippen MR) is 273 cm³/mol. The second-order valence-electron chi connectivity index (χ2n) is 19.3. The predicted octanol–water partition coefficient (Wildman–Crippen LogP) is 5.69. The molecule has 5 rings (SSSR count). The maximum absolute atomic E-state index is 13.9. The number of aromatic nitrogens is 3. The van der Waals surface area contributed by atoms with Crippen LogP contribution in [0.2, 0.25) is 0 Å². The third-order valence-electron chi connectivity index (χ3n) is 12.0. The largest absolute Gasteiger partial charge is 0.471 e. The van der Waals surface area contributed by atoms with Crippen molar-refractivity contribution in [3.8, 4) is 21.8 Å². The molecule has 75 heavy (non-hydrogen) atoms. The summed E-state index contributed by atoms with van der Waals surface area (Å²) < 4.78 is 70.7. The van der Waals surface area contributed by atoms with Crippen LogP contribution < -0.4 is 16.0 Å². The van der Waals surface area contributed by atoms with Crippen molar-refractivity contribution < 1.29 is 65.7 Å². The zero-order valence-corrected chi connectivity index (χ0v) is 44.6. The van der Waals surface area contributed by atoms with E-state index in [-0.39, 0.29) is 63.0 Å². The second kappa shape index (κ2) is 30.4. The summed E-state index contributed by atoms with van der Waals surface area (Å²) >= 11 is 1.56. The number of hydrogen-bond acceptors (Lipinski definition) is 16. The quantitative estimate of drug-likeness (QED) is 0.0431. The van der Waals surface area contributed by atoms with Crippen LogP contribution in [0.25, 0.3) is 21.8 Å². The van der Waals surface area contributed by atoms with Crippen molar-refractivity contribution in [3.05, 3.63) is 76.8 Å². The van der Waals surface area contributed by atoms with Crippen LogP contribution in [0, 0.1) is 12.3 Å². The van der Waals surface area contributed by atoms with Crippen molar-refractivity contribution in [2.45, 2.75) is 104 Å². The van der Waals surface area contributed by atoms with Gasteiger partial charge in [0.25, 0.3) is 5.91 Å². The smallest absolute Gasteiger partial charge is 0.391 e. The Morgan fingerprint density at radius 2 is 1.47 bits per heavy atom. The molecule has 0 unspecified atom stereocenters. The van der Waals surface area contributed by atoms with E-state index in [4.69, 9.17) is 23.7 Å². The molecule has 4 N–H and O–H groups in total. The number of aliphatic hydroxyl groups is 1. The molecule has 1 saturated heterocycles. The molecule has 4 aromatic rings. The molecule has 19 nitrogen and oxygen atoms in total. The number of amides is 4. The van der Waals surface area contributed by atoms with Crippen molar-refractivity contribution in [1.29, 1.82) is 0 Å². The Kier molecular flexibility index (Phi) is 24.5. The lowest BCUT2D eigenvalue weighted by molar-refractivity contribution is -0.159. The Balaban J connectivity index is 0.847. The lowest BCUT2D eigenvalue weighted by Gasteiger charge is -2.35. The van der Waals surface area contributed by atoms with Crippen LogP contribution in [0.3, 0.4) is 0 Å². The zero-order valence-electron chi connectivity index (χ0n) is 43.7. The van der Waals surface area contributed by atoms with Gasteiger partial charge in [0.05, 0.1) is 75.0 Å². The fourth-order valence-electron chi connectivity index (χ4n) is 8.14. The van der Waals surface area contributed by atoms with Gasteiger partial charge < -0.3 is 59.1 Å². The van der Waals surface area contributed by atoms with Crippen molar-refractivity contribution in [1.82, 2.24) is 40.9 Å². The molecule has 1 aliphatic heterocycles. The van der Waals surface area contributed by atoms with Crippen LogP contribution in [0.5, 0.6) is 0 Å². The molecule has 1 fully saturated rings. The van der Waals surface area contributed by atoms with Gasteiger partial charge in [0.1, 0.15) is 18.7 Å². The minimum Gasteiger partial charge on any atom is -0.391 e. The Morgan fingerprint density at radius 3 is 2.04 bits per heavy atom. The van der Waals surface area contributed by atoms with E-state index in [1.807, 2.05) is 58.9 Å². The van der Waals surface area contributed by atoms with Gasteiger partial charge in [-0.2, -0.15) is 18.2 Å². The summed E-state index contributed by atoms with van der Waals surface area (Å²) in [5.41, 5.74) is 4.62. The van der Waals surface area contributed by atoms with Crippen molar-refractivity contribution >= 4 is 35.0 Å². The van der Waals surface area contributed by atoms with Crippen LogP contribution in [0.1, 0.15) is 87.8 Å². The summed E-state index contributed by atoms with van der Waals surface area (Å²) in [6.07, 6.45) is -2.81. The molecule has 0 aliphatic carbocycles. The number of carbonyl (C=O) groups excluding carboxylic acids is 4. The lowest BCUT2D eigenvalue weighted by Crippen LogP contribution is -2.58. The minimum atomic E-state index is -4.74. The summed E-state index contributed by atoms with van der Waals surface area (Å²) in [5.74, 6) is -3.28. The normalized spacial score (nSPS) is 15.8. The van der Waals surface area contributed by atoms with Gasteiger partial charge in [0.2, 0.25) is 23.5 Å². The third kappa shape index (κ3) is 20.2. The average Bonchev–Trinajstić information content (AvgIpc) is 4.15. The Bertz CT molecular complexity index is 2370. The van der Waals surface area contributed by atoms with E-state index in [2.05, 4.69) is 47.4 Å². The number of unbranched alkanes of at least 4 members (excludes halogenated alkanes) is 1. The maximum Gasteiger partial charge on any atom is 0.471 e. The second-order valence-corrected chi connectivity index (χ2v) is 20.2. The van der Waals surface area contributed by atoms with E-state index in [1.165, 1.54) is 29.2 Å². The van der Waals surface area contributed by atoms with Crippen molar-refractivity contribution in [2.24, 2.45) is 5.41 Å². The van der Waals surface area contributed by atoms with Crippen molar-refractivity contribution in [3.63, 3.8) is 0 Å². The Morgan fingerprint density at radius 1 is 0.853 bits per heavy atom. The minimum absolute atomic E-state index is 0.0276. The van der Waals surface area contributed by atoms with Gasteiger partial charge in [-0.05, 0) is 74.9 Å². The number of thiazole rings is 1. The fraction of sp³-hybridized carbons (Fsp3) is 0.596. The SMILES string of the molecule is CCCN(CCCCOCCOCCOCCOCCOCC(=O)N[C@H](C(=O)N1C[C@H](O)C[C@H]1C(=O)NCc1ccc(-c2scnc2C)cc1)C(C)(C)C)C[C@@H](C)NC(=O)c1ccc(-c2noc(C(F)(F)F)n2)cc1. The highest BCUT2D eigenvalue weighted by molar-refractivity contribution is 7.13. The first-order chi connectivity index (χ1) is 35.8. The summed E-state index contributed by atoms with van der Waals surface area (Å²) in [5, 5.41) is 22.6. The number of ether oxygens (including phenoxy) is 5. The third-order valence-corrected chi connectivity index (χ3v) is 12.9. The molecule has 2 aromatic carbocycles. The standard InChI is InChI=1S/C52H73F3N8O11S/c1-7-18-62(31-35(2)58-47(66)40-16-14-39(15-17-40)46-60-50(74-61-46)52(53,54)55)19-8-9-20-69-21-22-70-23-24-71-25-26-72-27-28-73-33-43(65)59-45(51(4,5)6)49(68)63-32-41(64)29-42(63)48(67)56-30-37-10-12-38(13-11-37)44-36(3)57-34-75-44/h10-17,34-35,41-42,45,64H,7-9,18-33H2,1-6H3,(H,56,67)(H,58,66)(H,59,65)/t35-,41-,42+,45-/m1/s1. The van der Waals surface area contributed by atoms with E-state index in [0.29, 0.717) is 63.9 Å². The first kappa shape index (κ1) is 60.5. The Hall–Kier alpha value is -5.40. The number of hydrogen-bond donors (Lipinski definition) is 4. The van der Waals surface area contributed by atoms with Crippen LogP contribution in [0.4, 0.5) is 13.2 Å². The molecular weight excluding hydrogens is 1000 g/mol. The Labute approximate surface area is 440 Å². The molecular formula is C52H73F3N8O11S. The molecule has 0 saturated carbocycles. The van der Waals surface area contributed by atoms with E-state index in [1.54, 1.807) is 16.8 Å². The zero-order chi connectivity index (χ0) is 54.4. The van der Waals surface area contributed by atoms with Gasteiger partial charge in [0.15, 0.2) is 0 Å². The van der Waals surface area contributed by atoms with Crippen LogP contribution in [-0.4, -0.2) is 170 Å². The fourth-order valence-corrected chi connectivity index (χ4v) is 8.96. The first-order valence-electron chi connectivity index (χ1n) is 25.3. The molecule has 0 spiro atoms. The van der Waals surface area contributed by atoms with Gasteiger partial charge in [-0.15, -0.1) is 11.3 Å². The number of halogens is 3. The average molecular weight is 1080 g/mol. The van der Waals surface area contributed by atoms with Crippen molar-refractivity contribution in [2.75, 3.05) is 92.2 Å². The number of rotatable bonds is 32. The molecule has 0 radical (unpaired) electrons. The van der Waals surface area contributed by atoms with E-state index in [0.717, 1.165) is 54.0 Å². The summed E-state index contributed by atoms with van der Waals surface area (Å²) in [7, 11) is 0. The molecule has 4 atom stereocenters. The van der Waals surface area contributed by atoms with E-state index < -0.39 is 47.5 Å². The lowest BCUT2D eigenvalue weighted by atomic mass is 9.85. The molecule has 1 aliphatic rings. The number of aliphatic hydroxyl groups excluding tert-OH is 1. The topological polar surface area (TPSA) is 229 Å². The number of likely N-dealkylation sites (tertiary alicyclic amines) is 1. The first-order valence-corrected chi connectivity index (χ1v) is 26.2. The highest BCUT2D eigenvalue weighted by Crippen LogP contribution is 2.30. The molecule has 4 amide bonds. The molecule has 2 aromatic heterocycles. The van der Waals surface area contributed by atoms with Gasteiger partial charge in [0, 0.05) is 49.8 Å². The van der Waals surface area contributed by atoms with Crippen LogP contribution in [0.15, 0.2) is 58.6 Å². The van der Waals surface area contributed by atoms with Gasteiger partial charge in [-0.25, -0.2) is 4.98 Å². The number of nitrogens with one attached hydrogen (secondary N) is 3. The van der Waals surface area contributed by atoms with Gasteiger partial charge >= 0.3 is 12.1 Å². The number of benzene rings is 2. The van der Waals surface area contributed by atoms with E-state index >= 15 is 0 Å². The number of alkyl halides is 3. The van der Waals surface area contributed by atoms with E-state index in [9.17, 15) is 37.5 Å². The molecule has 23 heteroatoms. The summed E-state index contributed by atoms with van der Waals surface area (Å²) in [4.78, 5) is 65.6. The monoisotopic (exact) mass is 1070 g/mol. The highest BCUT2D eigenvalue weighted by atomic mass is 32.1. The number of β-amino-alcohol motifs (C(OH)–C–C–N with tert-alkyl or cyclic N) is 1. The number of nitrogens with zero attached hydrogens (tertiary/aromatic N) is 5. The number of aryl methyl sites for hydroxylation is 1.